The van der Waals surface area contributed by atoms with Gasteiger partial charge < -0.3 is 5.11 Å². The summed E-state index contributed by atoms with van der Waals surface area (Å²) in [5, 5.41) is 10.4. The molecule has 1 aromatic heterocycles. The third-order valence-electron chi connectivity index (χ3n) is 3.83. The molecule has 1 N–H and O–H groups in total. The lowest BCUT2D eigenvalue weighted by Crippen LogP contribution is -2.41. The van der Waals surface area contributed by atoms with Crippen LogP contribution in [0.15, 0.2) is 52.1 Å². The molecule has 0 unspecified atom stereocenters. The molecule has 24 heavy (non-hydrogen) atoms. The number of nitrogens with zero attached hydrogens (tertiary/aromatic N) is 2. The van der Waals surface area contributed by atoms with Gasteiger partial charge >= 0.3 is 5.69 Å². The molecule has 0 spiro atoms. The van der Waals surface area contributed by atoms with Crippen LogP contribution in [-0.4, -0.2) is 20.8 Å². The molecular weight excluding hydrogens is 351 g/mol. The summed E-state index contributed by atoms with van der Waals surface area (Å²) in [4.78, 5) is 25.2. The van der Waals surface area contributed by atoms with Crippen LogP contribution in [0.3, 0.4) is 0 Å². The fourth-order valence-corrected chi connectivity index (χ4v) is 3.18. The highest BCUT2D eigenvalue weighted by molar-refractivity contribution is 6.36. The Morgan fingerprint density at radius 1 is 0.917 bits per heavy atom. The van der Waals surface area contributed by atoms with Crippen LogP contribution in [0.25, 0.3) is 10.9 Å². The number of hydrogen-bond donors (Lipinski definition) is 1. The molecule has 124 valence electrons. The van der Waals surface area contributed by atoms with Crippen LogP contribution < -0.4 is 11.2 Å². The molecule has 0 amide bonds. The van der Waals surface area contributed by atoms with Crippen molar-refractivity contribution in [3.63, 3.8) is 0 Å². The van der Waals surface area contributed by atoms with Gasteiger partial charge in [0.25, 0.3) is 5.56 Å². The summed E-state index contributed by atoms with van der Waals surface area (Å²) in [5.74, 6) is 0. The Hall–Kier alpha value is -2.08. The molecule has 0 aliphatic rings. The number of hydrogen-bond acceptors (Lipinski definition) is 3. The molecule has 1 heterocycles. The number of rotatable bonds is 4. The number of para-hydroxylation sites is 1. The Morgan fingerprint density at radius 3 is 2.25 bits per heavy atom. The first-order valence-electron chi connectivity index (χ1n) is 7.30. The predicted octanol–water partition coefficient (Wildman–Crippen LogP) is 2.51. The van der Waals surface area contributed by atoms with E-state index in [4.69, 9.17) is 28.3 Å². The maximum atomic E-state index is 12.7. The van der Waals surface area contributed by atoms with Crippen LogP contribution >= 0.6 is 23.2 Å². The van der Waals surface area contributed by atoms with Crippen molar-refractivity contribution in [3.8, 4) is 0 Å². The van der Waals surface area contributed by atoms with Gasteiger partial charge in [0.1, 0.15) is 0 Å². The van der Waals surface area contributed by atoms with Crippen molar-refractivity contribution < 1.29 is 5.11 Å². The van der Waals surface area contributed by atoms with Gasteiger partial charge in [0, 0.05) is 15.6 Å². The molecule has 0 bridgehead atoms. The van der Waals surface area contributed by atoms with E-state index in [1.54, 1.807) is 42.5 Å². The van der Waals surface area contributed by atoms with E-state index in [2.05, 4.69) is 0 Å². The monoisotopic (exact) mass is 364 g/mol. The third-order valence-corrected chi connectivity index (χ3v) is 4.54. The van der Waals surface area contributed by atoms with Gasteiger partial charge in [-0.15, -0.1) is 0 Å². The van der Waals surface area contributed by atoms with E-state index >= 15 is 0 Å². The Balaban J connectivity index is 2.31. The minimum atomic E-state index is -0.510. The zero-order valence-electron chi connectivity index (χ0n) is 12.6. The van der Waals surface area contributed by atoms with Gasteiger partial charge in [-0.25, -0.2) is 4.79 Å². The zero-order valence-corrected chi connectivity index (χ0v) is 14.1. The van der Waals surface area contributed by atoms with E-state index in [0.717, 1.165) is 4.57 Å². The fraction of sp³-hybridized carbons (Fsp3) is 0.176. The standard InChI is InChI=1S/C17H14Cl2N2O3/c18-13-5-3-6-14(19)12(13)10-21-15-7-2-1-4-11(15)16(23)20(8-9-22)17(21)24/h1-7,22H,8-10H2. The van der Waals surface area contributed by atoms with Crippen molar-refractivity contribution in [2.24, 2.45) is 0 Å². The Kier molecular flexibility index (Phi) is 4.76. The second kappa shape index (κ2) is 6.81. The lowest BCUT2D eigenvalue weighted by atomic mass is 10.2. The van der Waals surface area contributed by atoms with E-state index in [-0.39, 0.29) is 19.7 Å². The highest BCUT2D eigenvalue weighted by atomic mass is 35.5. The highest BCUT2D eigenvalue weighted by Crippen LogP contribution is 2.25. The summed E-state index contributed by atoms with van der Waals surface area (Å²) in [6.45, 7) is -0.247. The molecule has 0 atom stereocenters. The first kappa shape index (κ1) is 16.8. The van der Waals surface area contributed by atoms with Gasteiger partial charge in [0.15, 0.2) is 0 Å². The number of benzene rings is 2. The first-order chi connectivity index (χ1) is 11.5. The molecule has 0 aliphatic heterocycles. The second-order valence-corrected chi connectivity index (χ2v) is 6.08. The average molecular weight is 365 g/mol. The molecule has 0 aliphatic carbocycles. The van der Waals surface area contributed by atoms with Crippen LogP contribution in [-0.2, 0) is 13.1 Å². The van der Waals surface area contributed by atoms with Crippen LogP contribution in [0.4, 0.5) is 0 Å². The van der Waals surface area contributed by atoms with Gasteiger partial charge in [-0.05, 0) is 24.3 Å². The summed E-state index contributed by atoms with van der Waals surface area (Å²) in [7, 11) is 0. The lowest BCUT2D eigenvalue weighted by Gasteiger charge is -2.15. The number of aromatic nitrogens is 2. The SMILES string of the molecule is O=c1c2ccccc2n(Cc2c(Cl)cccc2Cl)c(=O)n1CCO. The molecule has 5 nitrogen and oxygen atoms in total. The van der Waals surface area contributed by atoms with Crippen molar-refractivity contribution in [2.75, 3.05) is 6.61 Å². The molecule has 0 saturated heterocycles. The highest BCUT2D eigenvalue weighted by Gasteiger charge is 2.15. The van der Waals surface area contributed by atoms with Crippen LogP contribution in [0, 0.1) is 0 Å². The quantitative estimate of drug-likeness (QED) is 0.773. The summed E-state index contributed by atoms with van der Waals surface area (Å²) in [6, 6.07) is 11.9. The van der Waals surface area contributed by atoms with Crippen molar-refractivity contribution in [1.82, 2.24) is 9.13 Å². The summed E-state index contributed by atoms with van der Waals surface area (Å²) in [6.07, 6.45) is 0. The summed E-state index contributed by atoms with van der Waals surface area (Å²) < 4.78 is 2.46. The normalized spacial score (nSPS) is 11.1. The minimum Gasteiger partial charge on any atom is -0.395 e. The number of halogens is 2. The van der Waals surface area contributed by atoms with Crippen molar-refractivity contribution in [3.05, 3.63) is 78.9 Å². The predicted molar refractivity (Wildman–Crippen MR) is 95.1 cm³/mol. The molecule has 0 radical (unpaired) electrons. The van der Waals surface area contributed by atoms with Gasteiger partial charge in [-0.2, -0.15) is 0 Å². The van der Waals surface area contributed by atoms with Crippen LogP contribution in [0.5, 0.6) is 0 Å². The van der Waals surface area contributed by atoms with Crippen molar-refractivity contribution in [1.29, 1.82) is 0 Å². The van der Waals surface area contributed by atoms with E-state index < -0.39 is 11.2 Å². The molecule has 2 aromatic carbocycles. The lowest BCUT2D eigenvalue weighted by molar-refractivity contribution is 0.270. The largest absolute Gasteiger partial charge is 0.395 e. The maximum Gasteiger partial charge on any atom is 0.331 e. The van der Waals surface area contributed by atoms with E-state index in [1.807, 2.05) is 0 Å². The van der Waals surface area contributed by atoms with E-state index in [9.17, 15) is 9.59 Å². The topological polar surface area (TPSA) is 64.2 Å². The second-order valence-electron chi connectivity index (χ2n) is 5.27. The smallest absolute Gasteiger partial charge is 0.331 e. The fourth-order valence-electron chi connectivity index (χ4n) is 2.66. The number of aliphatic hydroxyl groups is 1. The Bertz CT molecular complexity index is 1000. The summed E-state index contributed by atoms with van der Waals surface area (Å²) in [5.41, 5.74) is 0.162. The molecule has 3 aromatic rings. The van der Waals surface area contributed by atoms with Gasteiger partial charge in [-0.3, -0.25) is 13.9 Å². The number of fused-ring (bicyclic) bond motifs is 1. The van der Waals surface area contributed by atoms with Gasteiger partial charge in [0.2, 0.25) is 0 Å². The molecule has 7 heteroatoms. The molecule has 3 rings (SSSR count). The maximum absolute atomic E-state index is 12.7. The van der Waals surface area contributed by atoms with Crippen molar-refractivity contribution in [2.45, 2.75) is 13.1 Å². The van der Waals surface area contributed by atoms with E-state index in [0.29, 0.717) is 26.5 Å². The van der Waals surface area contributed by atoms with Crippen LogP contribution in [0.2, 0.25) is 10.0 Å². The van der Waals surface area contributed by atoms with Gasteiger partial charge in [-0.1, -0.05) is 41.4 Å². The molecular formula is C17H14Cl2N2O3. The zero-order chi connectivity index (χ0) is 17.3. The molecule has 0 fully saturated rings. The molecule has 0 saturated carbocycles. The Labute approximate surface area is 147 Å². The van der Waals surface area contributed by atoms with E-state index in [1.165, 1.54) is 4.57 Å². The third kappa shape index (κ3) is 2.86. The minimum absolute atomic E-state index is 0.0707. The summed E-state index contributed by atoms with van der Waals surface area (Å²) >= 11 is 12.4. The average Bonchev–Trinajstić information content (AvgIpc) is 2.58. The van der Waals surface area contributed by atoms with Crippen molar-refractivity contribution >= 4 is 34.1 Å². The number of aliphatic hydroxyl groups excluding tert-OH is 1. The Morgan fingerprint density at radius 2 is 1.58 bits per heavy atom. The van der Waals surface area contributed by atoms with Gasteiger partial charge in [0.05, 0.1) is 30.6 Å². The first-order valence-corrected chi connectivity index (χ1v) is 8.06. The van der Waals surface area contributed by atoms with Crippen LogP contribution in [0.1, 0.15) is 5.56 Å².